The Labute approximate surface area is 157 Å². The molecule has 0 fully saturated rings. The molecule has 136 valence electrons. The Balaban J connectivity index is 2.24. The number of benzene rings is 3. The van der Waals surface area contributed by atoms with Crippen molar-refractivity contribution in [2.45, 2.75) is 4.90 Å². The van der Waals surface area contributed by atoms with Gasteiger partial charge in [-0.2, -0.15) is 5.26 Å². The number of methoxy groups -OCH3 is 1. The Morgan fingerprint density at radius 1 is 0.926 bits per heavy atom. The maximum Gasteiger partial charge on any atom is 0.175 e. The van der Waals surface area contributed by atoms with Crippen LogP contribution in [0.3, 0.4) is 0 Å². The lowest BCUT2D eigenvalue weighted by Gasteiger charge is -2.14. The monoisotopic (exact) mass is 381 g/mol. The van der Waals surface area contributed by atoms with Gasteiger partial charge in [0.25, 0.3) is 0 Å². The fourth-order valence-electron chi connectivity index (χ4n) is 2.82. The van der Waals surface area contributed by atoms with Crippen LogP contribution in [0.5, 0.6) is 5.75 Å². The number of sulfone groups is 1. The fraction of sp³-hybridized carbons (Fsp3) is 0.0952. The second-order valence-electron chi connectivity index (χ2n) is 6.01. The van der Waals surface area contributed by atoms with E-state index in [0.717, 1.165) is 28.5 Å². The minimum absolute atomic E-state index is 0.212. The standard InChI is InChI=1S/C21H16FNO3S/c1-26-21-12-20(14-3-7-17(22)8-4-14)19(11-16(21)13-23)15-5-9-18(10-6-15)27(2,24)25/h3-12H,1-2H3. The molecule has 0 spiro atoms. The minimum atomic E-state index is -3.31. The molecule has 0 amide bonds. The van der Waals surface area contributed by atoms with Crippen LogP contribution in [0.4, 0.5) is 4.39 Å². The molecule has 3 rings (SSSR count). The van der Waals surface area contributed by atoms with Gasteiger partial charge in [-0.25, -0.2) is 12.8 Å². The molecule has 0 atom stereocenters. The summed E-state index contributed by atoms with van der Waals surface area (Å²) >= 11 is 0. The average molecular weight is 381 g/mol. The van der Waals surface area contributed by atoms with Crippen LogP contribution < -0.4 is 4.74 Å². The van der Waals surface area contributed by atoms with Crippen LogP contribution in [0.25, 0.3) is 22.3 Å². The van der Waals surface area contributed by atoms with Crippen molar-refractivity contribution in [3.8, 4) is 34.1 Å². The van der Waals surface area contributed by atoms with Crippen molar-refractivity contribution in [3.05, 3.63) is 72.0 Å². The molecule has 3 aromatic rings. The minimum Gasteiger partial charge on any atom is -0.495 e. The van der Waals surface area contributed by atoms with Gasteiger partial charge in [-0.05, 0) is 58.7 Å². The van der Waals surface area contributed by atoms with Gasteiger partial charge in [-0.15, -0.1) is 0 Å². The molecule has 27 heavy (non-hydrogen) atoms. The van der Waals surface area contributed by atoms with Crippen molar-refractivity contribution in [1.29, 1.82) is 5.26 Å². The third-order valence-electron chi connectivity index (χ3n) is 4.21. The molecule has 0 aromatic heterocycles. The summed E-state index contributed by atoms with van der Waals surface area (Å²) in [6.45, 7) is 0. The van der Waals surface area contributed by atoms with E-state index in [1.165, 1.54) is 31.4 Å². The quantitative estimate of drug-likeness (QED) is 0.670. The number of hydrogen-bond donors (Lipinski definition) is 0. The van der Waals surface area contributed by atoms with Crippen LogP contribution in [0, 0.1) is 17.1 Å². The summed E-state index contributed by atoms with van der Waals surface area (Å²) in [4.78, 5) is 0.212. The largest absolute Gasteiger partial charge is 0.495 e. The van der Waals surface area contributed by atoms with Gasteiger partial charge < -0.3 is 4.74 Å². The second-order valence-corrected chi connectivity index (χ2v) is 8.03. The molecule has 0 aliphatic carbocycles. The van der Waals surface area contributed by atoms with E-state index in [2.05, 4.69) is 6.07 Å². The van der Waals surface area contributed by atoms with Crippen molar-refractivity contribution in [2.24, 2.45) is 0 Å². The molecule has 3 aromatic carbocycles. The molecule has 0 radical (unpaired) electrons. The number of halogens is 1. The highest BCUT2D eigenvalue weighted by Crippen LogP contribution is 2.37. The summed E-state index contributed by atoms with van der Waals surface area (Å²) < 4.78 is 42.0. The van der Waals surface area contributed by atoms with Crippen LogP contribution in [-0.2, 0) is 9.84 Å². The number of nitrogens with zero attached hydrogens (tertiary/aromatic N) is 1. The van der Waals surface area contributed by atoms with Crippen LogP contribution in [0.1, 0.15) is 5.56 Å². The van der Waals surface area contributed by atoms with Gasteiger partial charge in [-0.1, -0.05) is 24.3 Å². The molecule has 0 saturated heterocycles. The summed E-state index contributed by atoms with van der Waals surface area (Å²) in [5.41, 5.74) is 3.31. The third-order valence-corrected chi connectivity index (χ3v) is 5.34. The molecule has 0 N–H and O–H groups in total. The smallest absolute Gasteiger partial charge is 0.175 e. The molecule has 0 unspecified atom stereocenters. The molecule has 6 heteroatoms. The van der Waals surface area contributed by atoms with E-state index in [4.69, 9.17) is 4.74 Å². The lowest BCUT2D eigenvalue weighted by atomic mass is 9.92. The van der Waals surface area contributed by atoms with Crippen LogP contribution in [0.2, 0.25) is 0 Å². The van der Waals surface area contributed by atoms with Crippen LogP contribution in [0.15, 0.2) is 65.6 Å². The Morgan fingerprint density at radius 2 is 1.44 bits per heavy atom. The van der Waals surface area contributed by atoms with E-state index in [0.29, 0.717) is 11.3 Å². The number of nitriles is 1. The predicted molar refractivity (Wildman–Crippen MR) is 102 cm³/mol. The van der Waals surface area contributed by atoms with E-state index < -0.39 is 9.84 Å². The van der Waals surface area contributed by atoms with Crippen molar-refractivity contribution in [2.75, 3.05) is 13.4 Å². The van der Waals surface area contributed by atoms with Gasteiger partial charge in [0.2, 0.25) is 0 Å². The first-order valence-electron chi connectivity index (χ1n) is 8.02. The predicted octanol–water partition coefficient (Wildman–Crippen LogP) is 4.44. The van der Waals surface area contributed by atoms with Gasteiger partial charge in [0, 0.05) is 6.26 Å². The number of hydrogen-bond acceptors (Lipinski definition) is 4. The van der Waals surface area contributed by atoms with E-state index in [-0.39, 0.29) is 10.7 Å². The Bertz CT molecular complexity index is 1130. The topological polar surface area (TPSA) is 67.2 Å². The van der Waals surface area contributed by atoms with Gasteiger partial charge >= 0.3 is 0 Å². The van der Waals surface area contributed by atoms with E-state index in [9.17, 15) is 18.1 Å². The van der Waals surface area contributed by atoms with Crippen LogP contribution in [-0.4, -0.2) is 21.8 Å². The number of ether oxygens (including phenoxy) is 1. The van der Waals surface area contributed by atoms with E-state index >= 15 is 0 Å². The molecule has 0 aliphatic heterocycles. The van der Waals surface area contributed by atoms with Crippen molar-refractivity contribution in [3.63, 3.8) is 0 Å². The summed E-state index contributed by atoms with van der Waals surface area (Å²) in [6, 6.07) is 17.9. The highest BCUT2D eigenvalue weighted by molar-refractivity contribution is 7.90. The third kappa shape index (κ3) is 3.83. The van der Waals surface area contributed by atoms with Crippen molar-refractivity contribution in [1.82, 2.24) is 0 Å². The maximum atomic E-state index is 13.3. The van der Waals surface area contributed by atoms with Gasteiger partial charge in [0.15, 0.2) is 9.84 Å². The molecule has 4 nitrogen and oxygen atoms in total. The van der Waals surface area contributed by atoms with Gasteiger partial charge in [-0.3, -0.25) is 0 Å². The van der Waals surface area contributed by atoms with Gasteiger partial charge in [0.1, 0.15) is 17.6 Å². The zero-order chi connectivity index (χ0) is 19.6. The molecule has 0 heterocycles. The van der Waals surface area contributed by atoms with Crippen LogP contribution >= 0.6 is 0 Å². The molecule has 0 bridgehead atoms. The summed E-state index contributed by atoms with van der Waals surface area (Å²) in [5, 5.41) is 9.41. The maximum absolute atomic E-state index is 13.3. The normalized spacial score (nSPS) is 11.0. The highest BCUT2D eigenvalue weighted by Gasteiger charge is 2.15. The zero-order valence-electron chi connectivity index (χ0n) is 14.7. The van der Waals surface area contributed by atoms with E-state index in [1.54, 1.807) is 36.4 Å². The Hall–Kier alpha value is -3.17. The molecular weight excluding hydrogens is 365 g/mol. The SMILES string of the molecule is COc1cc(-c2ccc(F)cc2)c(-c2ccc(S(C)(=O)=O)cc2)cc1C#N. The average Bonchev–Trinajstić information content (AvgIpc) is 2.67. The summed E-state index contributed by atoms with van der Waals surface area (Å²) in [6.07, 6.45) is 1.15. The molecule has 0 saturated carbocycles. The lowest BCUT2D eigenvalue weighted by molar-refractivity contribution is 0.413. The van der Waals surface area contributed by atoms with Crippen molar-refractivity contribution >= 4 is 9.84 Å². The highest BCUT2D eigenvalue weighted by atomic mass is 32.2. The fourth-order valence-corrected chi connectivity index (χ4v) is 3.46. The van der Waals surface area contributed by atoms with Crippen molar-refractivity contribution < 1.29 is 17.5 Å². The Kier molecular flexibility index (Phi) is 4.98. The molecule has 0 aliphatic rings. The van der Waals surface area contributed by atoms with Gasteiger partial charge in [0.05, 0.1) is 17.6 Å². The number of rotatable bonds is 4. The summed E-state index contributed by atoms with van der Waals surface area (Å²) in [7, 11) is -1.83. The lowest BCUT2D eigenvalue weighted by Crippen LogP contribution is -1.97. The zero-order valence-corrected chi connectivity index (χ0v) is 15.5. The summed E-state index contributed by atoms with van der Waals surface area (Å²) in [5.74, 6) is 0.0618. The molecular formula is C21H16FNO3S. The Morgan fingerprint density at radius 3 is 1.93 bits per heavy atom. The second kappa shape index (κ2) is 7.22. The first kappa shape index (κ1) is 18.6. The first-order valence-corrected chi connectivity index (χ1v) is 9.91. The van der Waals surface area contributed by atoms with E-state index in [1.807, 2.05) is 0 Å². The first-order chi connectivity index (χ1) is 12.8.